The molecule has 0 saturated carbocycles. The van der Waals surface area contributed by atoms with Gasteiger partial charge < -0.3 is 24.6 Å². The standard InChI is InChI=1S/C20H24N8O3/c29-13-30-20-3-1-14(31-20)11-27(12-20)18-9-16(26-7-5-21-6-8-26)17-10-22-19(28(17)25-18)15-2-4-23-24-15/h2,4,9-10,13-14,21H,1,3,5-8,11-12H2,(H,23,24). The molecule has 0 spiro atoms. The quantitative estimate of drug-likeness (QED) is 0.562. The highest BCUT2D eigenvalue weighted by atomic mass is 16.7. The molecule has 3 aliphatic rings. The summed E-state index contributed by atoms with van der Waals surface area (Å²) in [5.41, 5.74) is 2.77. The first-order valence-electron chi connectivity index (χ1n) is 10.6. The molecule has 2 bridgehead atoms. The minimum atomic E-state index is -0.892. The molecule has 11 nitrogen and oxygen atoms in total. The van der Waals surface area contributed by atoms with E-state index in [0.29, 0.717) is 31.8 Å². The van der Waals surface area contributed by atoms with Gasteiger partial charge in [-0.3, -0.25) is 9.89 Å². The number of hydrogen-bond donors (Lipinski definition) is 2. The van der Waals surface area contributed by atoms with Crippen LogP contribution in [0.3, 0.4) is 0 Å². The van der Waals surface area contributed by atoms with Crippen LogP contribution in [0, 0.1) is 0 Å². The maximum atomic E-state index is 11.1. The number of rotatable bonds is 5. The number of anilines is 2. The molecular formula is C20H24N8O3. The van der Waals surface area contributed by atoms with Crippen molar-refractivity contribution in [2.24, 2.45) is 0 Å². The Morgan fingerprint density at radius 1 is 1.29 bits per heavy atom. The molecule has 6 heterocycles. The number of fused-ring (bicyclic) bond motifs is 3. The second-order valence-corrected chi connectivity index (χ2v) is 8.25. The summed E-state index contributed by atoms with van der Waals surface area (Å²) in [5, 5.41) is 15.5. The van der Waals surface area contributed by atoms with Gasteiger partial charge in [0.2, 0.25) is 5.79 Å². The first kappa shape index (κ1) is 18.6. The van der Waals surface area contributed by atoms with Crippen LogP contribution in [0.25, 0.3) is 17.0 Å². The topological polar surface area (TPSA) is 113 Å². The molecule has 162 valence electrons. The normalized spacial score (nSPS) is 25.9. The average Bonchev–Trinajstić information content (AvgIpc) is 3.53. The van der Waals surface area contributed by atoms with Crippen LogP contribution in [0.1, 0.15) is 12.8 Å². The summed E-state index contributed by atoms with van der Waals surface area (Å²) in [6.45, 7) is 5.32. The van der Waals surface area contributed by atoms with E-state index in [0.717, 1.165) is 55.3 Å². The zero-order valence-corrected chi connectivity index (χ0v) is 17.0. The maximum Gasteiger partial charge on any atom is 0.295 e. The Morgan fingerprint density at radius 3 is 3.00 bits per heavy atom. The van der Waals surface area contributed by atoms with E-state index in [1.165, 1.54) is 0 Å². The number of ether oxygens (including phenoxy) is 2. The molecule has 2 unspecified atom stereocenters. The molecular weight excluding hydrogens is 400 g/mol. The fraction of sp³-hybridized carbons (Fsp3) is 0.500. The summed E-state index contributed by atoms with van der Waals surface area (Å²) in [6, 6.07) is 4.01. The number of piperazine rings is 1. The van der Waals surface area contributed by atoms with Crippen LogP contribution in [0.15, 0.2) is 24.5 Å². The monoisotopic (exact) mass is 424 g/mol. The number of imidazole rings is 1. The van der Waals surface area contributed by atoms with Gasteiger partial charge in [-0.25, -0.2) is 9.50 Å². The second kappa shape index (κ2) is 7.20. The third kappa shape index (κ3) is 3.12. The van der Waals surface area contributed by atoms with Crippen molar-refractivity contribution in [2.75, 3.05) is 49.1 Å². The Morgan fingerprint density at radius 2 is 2.19 bits per heavy atom. The van der Waals surface area contributed by atoms with E-state index in [4.69, 9.17) is 14.6 Å². The fourth-order valence-electron chi connectivity index (χ4n) is 4.86. The molecule has 0 aliphatic carbocycles. The lowest BCUT2D eigenvalue weighted by Gasteiger charge is -2.39. The van der Waals surface area contributed by atoms with Crippen molar-refractivity contribution < 1.29 is 14.3 Å². The van der Waals surface area contributed by atoms with E-state index >= 15 is 0 Å². The number of carbonyl (C=O) groups excluding carboxylic acids is 1. The summed E-state index contributed by atoms with van der Waals surface area (Å²) in [6.07, 6.45) is 5.21. The summed E-state index contributed by atoms with van der Waals surface area (Å²) in [5.74, 6) is 0.602. The highest BCUT2D eigenvalue weighted by Gasteiger charge is 2.48. The number of nitrogens with one attached hydrogen (secondary N) is 2. The van der Waals surface area contributed by atoms with Gasteiger partial charge in [-0.05, 0) is 12.5 Å². The van der Waals surface area contributed by atoms with E-state index in [-0.39, 0.29) is 6.10 Å². The van der Waals surface area contributed by atoms with Gasteiger partial charge in [0.05, 0.1) is 24.5 Å². The van der Waals surface area contributed by atoms with Gasteiger partial charge in [-0.1, -0.05) is 0 Å². The smallest absolute Gasteiger partial charge is 0.295 e. The van der Waals surface area contributed by atoms with E-state index in [1.807, 2.05) is 16.8 Å². The van der Waals surface area contributed by atoms with E-state index in [9.17, 15) is 4.79 Å². The Kier molecular flexibility index (Phi) is 4.32. The van der Waals surface area contributed by atoms with Gasteiger partial charge in [0.1, 0.15) is 11.2 Å². The molecule has 0 radical (unpaired) electrons. The molecule has 2 atom stereocenters. The van der Waals surface area contributed by atoms with Crippen molar-refractivity contribution >= 4 is 23.5 Å². The highest BCUT2D eigenvalue weighted by molar-refractivity contribution is 5.77. The van der Waals surface area contributed by atoms with Crippen LogP contribution in [0.4, 0.5) is 11.5 Å². The Balaban J connectivity index is 1.46. The molecule has 2 N–H and O–H groups in total. The maximum absolute atomic E-state index is 11.1. The van der Waals surface area contributed by atoms with Crippen molar-refractivity contribution in [2.45, 2.75) is 24.7 Å². The van der Waals surface area contributed by atoms with Crippen LogP contribution < -0.4 is 15.1 Å². The molecule has 31 heavy (non-hydrogen) atoms. The molecule has 0 amide bonds. The number of aromatic nitrogens is 5. The predicted octanol–water partition coefficient (Wildman–Crippen LogP) is 0.397. The summed E-state index contributed by atoms with van der Waals surface area (Å²) in [4.78, 5) is 20.2. The molecule has 3 saturated heterocycles. The van der Waals surface area contributed by atoms with E-state index < -0.39 is 5.79 Å². The highest BCUT2D eigenvalue weighted by Crippen LogP contribution is 2.39. The molecule has 3 aromatic heterocycles. The van der Waals surface area contributed by atoms with Crippen molar-refractivity contribution in [3.8, 4) is 11.5 Å². The number of H-pyrrole nitrogens is 1. The SMILES string of the molecule is O=COC12CCC(CN(c3cc(N4CCNCC4)c4cnc(-c5cc[nH]n5)n4n3)C1)O2. The zero-order valence-electron chi connectivity index (χ0n) is 17.0. The van der Waals surface area contributed by atoms with Crippen LogP contribution in [0.5, 0.6) is 0 Å². The number of hydrogen-bond acceptors (Lipinski definition) is 9. The predicted molar refractivity (Wildman–Crippen MR) is 112 cm³/mol. The first-order chi connectivity index (χ1) is 15.2. The Bertz CT molecular complexity index is 1090. The van der Waals surface area contributed by atoms with Gasteiger partial charge >= 0.3 is 0 Å². The van der Waals surface area contributed by atoms with Crippen molar-refractivity contribution in [3.63, 3.8) is 0 Å². The van der Waals surface area contributed by atoms with Gasteiger partial charge in [0, 0.05) is 51.4 Å². The van der Waals surface area contributed by atoms with Gasteiger partial charge in [-0.2, -0.15) is 5.10 Å². The molecule has 6 rings (SSSR count). The van der Waals surface area contributed by atoms with Gasteiger partial charge in [-0.15, -0.1) is 5.10 Å². The lowest BCUT2D eigenvalue weighted by Crippen LogP contribution is -2.52. The van der Waals surface area contributed by atoms with Crippen LogP contribution in [-0.4, -0.2) is 82.4 Å². The minimum Gasteiger partial charge on any atom is -0.433 e. The Labute approximate surface area is 178 Å². The molecule has 3 aromatic rings. The number of morpholine rings is 1. The second-order valence-electron chi connectivity index (χ2n) is 8.25. The largest absolute Gasteiger partial charge is 0.433 e. The summed E-state index contributed by atoms with van der Waals surface area (Å²) >= 11 is 0. The third-order valence-corrected chi connectivity index (χ3v) is 6.33. The van der Waals surface area contributed by atoms with Crippen LogP contribution >= 0.6 is 0 Å². The van der Waals surface area contributed by atoms with Crippen molar-refractivity contribution in [3.05, 3.63) is 24.5 Å². The Hall–Kier alpha value is -3.18. The summed E-state index contributed by atoms with van der Waals surface area (Å²) in [7, 11) is 0. The third-order valence-electron chi connectivity index (χ3n) is 6.33. The first-order valence-corrected chi connectivity index (χ1v) is 10.6. The van der Waals surface area contributed by atoms with E-state index in [2.05, 4.69) is 36.4 Å². The zero-order chi connectivity index (χ0) is 20.8. The lowest BCUT2D eigenvalue weighted by molar-refractivity contribution is -0.216. The lowest BCUT2D eigenvalue weighted by atomic mass is 10.2. The number of aromatic amines is 1. The minimum absolute atomic E-state index is 0.0161. The molecule has 3 fully saturated rings. The van der Waals surface area contributed by atoms with Crippen LogP contribution in [0.2, 0.25) is 0 Å². The van der Waals surface area contributed by atoms with E-state index in [1.54, 1.807) is 6.20 Å². The van der Waals surface area contributed by atoms with Gasteiger partial charge in [0.15, 0.2) is 11.6 Å². The van der Waals surface area contributed by atoms with Crippen molar-refractivity contribution in [1.29, 1.82) is 0 Å². The van der Waals surface area contributed by atoms with Crippen LogP contribution in [-0.2, 0) is 14.3 Å². The van der Waals surface area contributed by atoms with Gasteiger partial charge in [0.25, 0.3) is 6.47 Å². The summed E-state index contributed by atoms with van der Waals surface area (Å²) < 4.78 is 13.3. The number of carbonyl (C=O) groups is 1. The van der Waals surface area contributed by atoms with Crippen molar-refractivity contribution in [1.82, 2.24) is 30.1 Å². The molecule has 11 heteroatoms. The molecule has 3 aliphatic heterocycles. The number of nitrogens with zero attached hydrogens (tertiary/aromatic N) is 6. The molecule has 0 aromatic carbocycles. The average molecular weight is 424 g/mol. The fourth-order valence-corrected chi connectivity index (χ4v) is 4.86.